The van der Waals surface area contributed by atoms with Gasteiger partial charge in [-0.1, -0.05) is 18.2 Å². The van der Waals surface area contributed by atoms with E-state index in [0.717, 1.165) is 22.6 Å². The first kappa shape index (κ1) is 15.1. The first-order valence-electron chi connectivity index (χ1n) is 7.88. The number of amides is 1. The average molecular weight is 332 g/mol. The number of imidazole rings is 1. The third-order valence-electron chi connectivity index (χ3n) is 3.83. The second kappa shape index (κ2) is 6.20. The molecule has 0 saturated carbocycles. The minimum atomic E-state index is -0.186. The molecule has 124 valence electrons. The van der Waals surface area contributed by atoms with Crippen molar-refractivity contribution in [2.24, 2.45) is 0 Å². The van der Waals surface area contributed by atoms with Gasteiger partial charge in [-0.3, -0.25) is 4.79 Å². The molecule has 3 aromatic heterocycles. The van der Waals surface area contributed by atoms with Crippen molar-refractivity contribution in [1.82, 2.24) is 30.0 Å². The Morgan fingerprint density at radius 1 is 1.24 bits per heavy atom. The van der Waals surface area contributed by atoms with Crippen LogP contribution in [0.1, 0.15) is 21.7 Å². The number of benzene rings is 1. The van der Waals surface area contributed by atoms with Crippen molar-refractivity contribution >= 4 is 17.1 Å². The van der Waals surface area contributed by atoms with Crippen LogP contribution in [0.15, 0.2) is 55.0 Å². The number of H-pyrrole nitrogens is 1. The SMILES string of the molecule is Cc1nc2ncc(C(=O)NCc3cnn(-c4ccccc4)c3)cc2[nH]1. The molecular weight excluding hydrogens is 316 g/mol. The van der Waals surface area contributed by atoms with Crippen molar-refractivity contribution in [1.29, 1.82) is 0 Å². The van der Waals surface area contributed by atoms with Gasteiger partial charge >= 0.3 is 0 Å². The highest BCUT2D eigenvalue weighted by atomic mass is 16.1. The zero-order valence-electron chi connectivity index (χ0n) is 13.6. The highest BCUT2D eigenvalue weighted by molar-refractivity contribution is 5.96. The summed E-state index contributed by atoms with van der Waals surface area (Å²) in [5, 5.41) is 7.21. The van der Waals surface area contributed by atoms with Gasteiger partial charge in [0.25, 0.3) is 5.91 Å². The maximum Gasteiger partial charge on any atom is 0.253 e. The second-order valence-electron chi connectivity index (χ2n) is 5.73. The number of rotatable bonds is 4. The number of aryl methyl sites for hydroxylation is 1. The van der Waals surface area contributed by atoms with Gasteiger partial charge in [-0.05, 0) is 25.1 Å². The van der Waals surface area contributed by atoms with E-state index in [4.69, 9.17) is 0 Å². The minimum Gasteiger partial charge on any atom is -0.348 e. The van der Waals surface area contributed by atoms with Gasteiger partial charge in [-0.25, -0.2) is 14.6 Å². The fourth-order valence-electron chi connectivity index (χ4n) is 2.60. The number of hydrogen-bond acceptors (Lipinski definition) is 4. The van der Waals surface area contributed by atoms with E-state index < -0.39 is 0 Å². The molecule has 0 fully saturated rings. The lowest BCUT2D eigenvalue weighted by molar-refractivity contribution is 0.0950. The van der Waals surface area contributed by atoms with E-state index in [1.165, 1.54) is 6.20 Å². The molecule has 7 heteroatoms. The number of nitrogens with zero attached hydrogens (tertiary/aromatic N) is 4. The molecule has 25 heavy (non-hydrogen) atoms. The van der Waals surface area contributed by atoms with Gasteiger partial charge in [0.1, 0.15) is 5.82 Å². The van der Waals surface area contributed by atoms with Crippen LogP contribution in [-0.2, 0) is 6.54 Å². The number of carbonyl (C=O) groups is 1. The Balaban J connectivity index is 1.45. The molecule has 0 aliphatic rings. The first-order valence-corrected chi connectivity index (χ1v) is 7.88. The summed E-state index contributed by atoms with van der Waals surface area (Å²) in [6, 6.07) is 11.6. The molecule has 1 aromatic carbocycles. The third-order valence-corrected chi connectivity index (χ3v) is 3.83. The van der Waals surface area contributed by atoms with Crippen LogP contribution in [0.5, 0.6) is 0 Å². The predicted octanol–water partition coefficient (Wildman–Crippen LogP) is 2.38. The molecule has 0 radical (unpaired) electrons. The van der Waals surface area contributed by atoms with Crippen LogP contribution in [-0.4, -0.2) is 30.6 Å². The van der Waals surface area contributed by atoms with Gasteiger partial charge in [-0.2, -0.15) is 5.10 Å². The van der Waals surface area contributed by atoms with Gasteiger partial charge in [0.05, 0.1) is 23.0 Å². The fourth-order valence-corrected chi connectivity index (χ4v) is 2.60. The van der Waals surface area contributed by atoms with Crippen molar-refractivity contribution in [3.63, 3.8) is 0 Å². The Morgan fingerprint density at radius 3 is 2.92 bits per heavy atom. The zero-order valence-corrected chi connectivity index (χ0v) is 13.6. The Morgan fingerprint density at radius 2 is 2.08 bits per heavy atom. The van der Waals surface area contributed by atoms with E-state index in [0.29, 0.717) is 17.8 Å². The van der Waals surface area contributed by atoms with Gasteiger partial charge in [0.15, 0.2) is 5.65 Å². The van der Waals surface area contributed by atoms with Crippen LogP contribution < -0.4 is 5.32 Å². The van der Waals surface area contributed by atoms with Crippen molar-refractivity contribution in [2.75, 3.05) is 0 Å². The van der Waals surface area contributed by atoms with E-state index in [9.17, 15) is 4.79 Å². The van der Waals surface area contributed by atoms with Gasteiger partial charge in [-0.15, -0.1) is 0 Å². The van der Waals surface area contributed by atoms with Gasteiger partial charge in [0.2, 0.25) is 0 Å². The van der Waals surface area contributed by atoms with Crippen LogP contribution in [0.25, 0.3) is 16.9 Å². The van der Waals surface area contributed by atoms with Crippen molar-refractivity contribution < 1.29 is 4.79 Å². The molecule has 0 atom stereocenters. The minimum absolute atomic E-state index is 0.186. The smallest absolute Gasteiger partial charge is 0.253 e. The lowest BCUT2D eigenvalue weighted by Crippen LogP contribution is -2.22. The molecule has 0 unspecified atom stereocenters. The summed E-state index contributed by atoms with van der Waals surface area (Å²) >= 11 is 0. The molecule has 2 N–H and O–H groups in total. The monoisotopic (exact) mass is 332 g/mol. The number of fused-ring (bicyclic) bond motifs is 1. The summed E-state index contributed by atoms with van der Waals surface area (Å²) in [6.45, 7) is 2.25. The summed E-state index contributed by atoms with van der Waals surface area (Å²) in [5.74, 6) is 0.586. The number of pyridine rings is 1. The summed E-state index contributed by atoms with van der Waals surface area (Å²) < 4.78 is 1.78. The average Bonchev–Trinajstić information content (AvgIpc) is 3.25. The maximum absolute atomic E-state index is 12.3. The largest absolute Gasteiger partial charge is 0.348 e. The molecule has 0 aliphatic carbocycles. The lowest BCUT2D eigenvalue weighted by Gasteiger charge is -2.03. The predicted molar refractivity (Wildman–Crippen MR) is 93.4 cm³/mol. The fraction of sp³-hybridized carbons (Fsp3) is 0.111. The summed E-state index contributed by atoms with van der Waals surface area (Å²) in [5.41, 5.74) is 3.75. The Kier molecular flexibility index (Phi) is 3.74. The van der Waals surface area contributed by atoms with Crippen LogP contribution in [0.4, 0.5) is 0 Å². The quantitative estimate of drug-likeness (QED) is 0.600. The Bertz CT molecular complexity index is 1030. The van der Waals surface area contributed by atoms with Crippen LogP contribution in [0.2, 0.25) is 0 Å². The molecule has 0 bridgehead atoms. The number of aromatic nitrogens is 5. The normalized spacial score (nSPS) is 10.9. The Labute approximate surface area is 143 Å². The highest BCUT2D eigenvalue weighted by Gasteiger charge is 2.10. The standard InChI is InChI=1S/C18H16N6O/c1-12-22-16-7-14(10-19-17(16)23-12)18(25)20-8-13-9-21-24(11-13)15-5-3-2-4-6-15/h2-7,9-11H,8H2,1H3,(H,20,25)(H,19,22,23). The molecule has 7 nitrogen and oxygen atoms in total. The molecule has 0 aliphatic heterocycles. The van der Waals surface area contributed by atoms with Crippen LogP contribution in [0.3, 0.4) is 0 Å². The third kappa shape index (κ3) is 3.12. The first-order chi connectivity index (χ1) is 12.2. The van der Waals surface area contributed by atoms with Crippen LogP contribution >= 0.6 is 0 Å². The highest BCUT2D eigenvalue weighted by Crippen LogP contribution is 2.11. The topological polar surface area (TPSA) is 88.5 Å². The second-order valence-corrected chi connectivity index (χ2v) is 5.73. The van der Waals surface area contributed by atoms with E-state index in [1.54, 1.807) is 16.9 Å². The molecule has 4 rings (SSSR count). The molecule has 1 amide bonds. The maximum atomic E-state index is 12.3. The molecule has 0 saturated heterocycles. The molecule has 4 aromatic rings. The Hall–Kier alpha value is -3.48. The number of nitrogens with one attached hydrogen (secondary N) is 2. The van der Waals surface area contributed by atoms with E-state index in [1.807, 2.05) is 43.5 Å². The number of aromatic amines is 1. The summed E-state index contributed by atoms with van der Waals surface area (Å²) in [6.07, 6.45) is 5.17. The zero-order chi connectivity index (χ0) is 17.2. The van der Waals surface area contributed by atoms with Gasteiger partial charge < -0.3 is 10.3 Å². The van der Waals surface area contributed by atoms with Crippen molar-refractivity contribution in [2.45, 2.75) is 13.5 Å². The van der Waals surface area contributed by atoms with E-state index >= 15 is 0 Å². The summed E-state index contributed by atoms with van der Waals surface area (Å²) in [4.78, 5) is 23.8. The van der Waals surface area contributed by atoms with E-state index in [-0.39, 0.29) is 5.91 Å². The van der Waals surface area contributed by atoms with Crippen molar-refractivity contribution in [3.05, 3.63) is 71.9 Å². The lowest BCUT2D eigenvalue weighted by atomic mass is 10.2. The van der Waals surface area contributed by atoms with Crippen molar-refractivity contribution in [3.8, 4) is 5.69 Å². The van der Waals surface area contributed by atoms with Gasteiger partial charge in [0, 0.05) is 24.5 Å². The molecule has 3 heterocycles. The number of hydrogen-bond donors (Lipinski definition) is 2. The number of para-hydroxylation sites is 1. The molecule has 0 spiro atoms. The molecular formula is C18H16N6O. The summed E-state index contributed by atoms with van der Waals surface area (Å²) in [7, 11) is 0. The number of carbonyl (C=O) groups excluding carboxylic acids is 1. The van der Waals surface area contributed by atoms with Crippen LogP contribution in [0, 0.1) is 6.92 Å². The van der Waals surface area contributed by atoms with E-state index in [2.05, 4.69) is 25.4 Å².